The van der Waals surface area contributed by atoms with E-state index in [-0.39, 0.29) is 17.6 Å². The second kappa shape index (κ2) is 6.63. The average Bonchev–Trinajstić information content (AvgIpc) is 2.66. The van der Waals surface area contributed by atoms with Crippen LogP contribution in [0.5, 0.6) is 11.5 Å². The van der Waals surface area contributed by atoms with E-state index in [1.165, 1.54) is 6.07 Å². The Morgan fingerprint density at radius 3 is 2.68 bits per heavy atom. The maximum Gasteiger partial charge on any atom is 0.270 e. The number of rotatable bonds is 4. The molecule has 2 heterocycles. The molecular formula is C20H21N3O4S. The van der Waals surface area contributed by atoms with Crippen molar-refractivity contribution in [3.63, 3.8) is 0 Å². The third kappa shape index (κ3) is 2.75. The molecule has 4 rings (SSSR count). The largest absolute Gasteiger partial charge is 0.494 e. The summed E-state index contributed by atoms with van der Waals surface area (Å²) in [5.41, 5.74) is 0.954. The van der Waals surface area contributed by atoms with Gasteiger partial charge in [-0.3, -0.25) is 15.0 Å². The standard InChI is InChI=1S/C20H21N3O4S/c1-4-26-15-8-5-13(6-9-15)22-19(28)21-18-12(2)20(22,3)27-17-10-7-14(23(24)25)11-16(17)18/h5-12,18H,4H2,1-3H3,(H,21,28)/t12-,18+,20+/m1/s1. The van der Waals surface area contributed by atoms with Crippen molar-refractivity contribution in [2.45, 2.75) is 32.5 Å². The molecule has 2 aliphatic heterocycles. The van der Waals surface area contributed by atoms with E-state index in [0.717, 1.165) is 17.0 Å². The number of non-ortho nitro benzene ring substituents is 1. The third-order valence-corrected chi connectivity index (χ3v) is 5.83. The molecule has 7 nitrogen and oxygen atoms in total. The minimum atomic E-state index is -0.733. The van der Waals surface area contributed by atoms with Gasteiger partial charge in [0, 0.05) is 29.3 Å². The Labute approximate surface area is 168 Å². The van der Waals surface area contributed by atoms with E-state index in [0.29, 0.717) is 17.5 Å². The number of anilines is 1. The first kappa shape index (κ1) is 18.5. The smallest absolute Gasteiger partial charge is 0.270 e. The van der Waals surface area contributed by atoms with Crippen LogP contribution in [0.1, 0.15) is 32.4 Å². The van der Waals surface area contributed by atoms with Gasteiger partial charge in [-0.2, -0.15) is 0 Å². The zero-order chi connectivity index (χ0) is 20.1. The number of nitrogens with zero attached hydrogens (tertiary/aromatic N) is 2. The van der Waals surface area contributed by atoms with Crippen LogP contribution in [0.4, 0.5) is 11.4 Å². The van der Waals surface area contributed by atoms with Crippen LogP contribution in [0, 0.1) is 16.0 Å². The zero-order valence-corrected chi connectivity index (χ0v) is 16.7. The molecule has 2 bridgehead atoms. The lowest BCUT2D eigenvalue weighted by atomic mass is 9.80. The lowest BCUT2D eigenvalue weighted by Gasteiger charge is -2.56. The number of ether oxygens (including phenoxy) is 2. The van der Waals surface area contributed by atoms with Crippen molar-refractivity contribution in [3.8, 4) is 11.5 Å². The molecule has 0 unspecified atom stereocenters. The molecule has 0 spiro atoms. The van der Waals surface area contributed by atoms with Gasteiger partial charge < -0.3 is 14.8 Å². The van der Waals surface area contributed by atoms with E-state index >= 15 is 0 Å². The van der Waals surface area contributed by atoms with Gasteiger partial charge in [-0.1, -0.05) is 6.92 Å². The van der Waals surface area contributed by atoms with Crippen LogP contribution in [-0.4, -0.2) is 22.4 Å². The molecular weight excluding hydrogens is 378 g/mol. The van der Waals surface area contributed by atoms with E-state index in [4.69, 9.17) is 21.7 Å². The van der Waals surface area contributed by atoms with Crippen molar-refractivity contribution in [3.05, 3.63) is 58.1 Å². The molecule has 2 aromatic carbocycles. The monoisotopic (exact) mass is 399 g/mol. The second-order valence-corrected chi connectivity index (χ2v) is 7.50. The first-order valence-corrected chi connectivity index (χ1v) is 9.57. The number of benzene rings is 2. The Bertz CT molecular complexity index is 949. The maximum atomic E-state index is 11.2. The molecule has 28 heavy (non-hydrogen) atoms. The predicted octanol–water partition coefficient (Wildman–Crippen LogP) is 4.17. The maximum absolute atomic E-state index is 11.2. The molecule has 8 heteroatoms. The SMILES string of the molecule is CCOc1ccc(N2C(=S)N[C@@H]3c4cc([N+](=O)[O-])ccc4O[C@@]2(C)[C@@H]3C)cc1. The fourth-order valence-corrected chi connectivity index (χ4v) is 4.38. The van der Waals surface area contributed by atoms with Crippen LogP contribution in [0.3, 0.4) is 0 Å². The van der Waals surface area contributed by atoms with Crippen molar-refractivity contribution in [1.82, 2.24) is 5.32 Å². The number of nitro benzene ring substituents is 1. The number of nitro groups is 1. The highest BCUT2D eigenvalue weighted by atomic mass is 32.1. The Morgan fingerprint density at radius 2 is 2.04 bits per heavy atom. The average molecular weight is 399 g/mol. The quantitative estimate of drug-likeness (QED) is 0.470. The Kier molecular flexibility index (Phi) is 4.38. The highest BCUT2D eigenvalue weighted by molar-refractivity contribution is 7.80. The van der Waals surface area contributed by atoms with Gasteiger partial charge in [0.25, 0.3) is 5.69 Å². The van der Waals surface area contributed by atoms with E-state index in [9.17, 15) is 10.1 Å². The van der Waals surface area contributed by atoms with Crippen LogP contribution in [-0.2, 0) is 0 Å². The summed E-state index contributed by atoms with van der Waals surface area (Å²) in [4.78, 5) is 12.7. The molecule has 1 saturated heterocycles. The summed E-state index contributed by atoms with van der Waals surface area (Å²) >= 11 is 5.66. The highest BCUT2D eigenvalue weighted by Gasteiger charge is 2.54. The topological polar surface area (TPSA) is 76.9 Å². The summed E-state index contributed by atoms with van der Waals surface area (Å²) in [7, 11) is 0. The molecule has 0 saturated carbocycles. The van der Waals surface area contributed by atoms with E-state index in [2.05, 4.69) is 12.2 Å². The Morgan fingerprint density at radius 1 is 1.32 bits per heavy atom. The minimum absolute atomic E-state index is 0.0136. The second-order valence-electron chi connectivity index (χ2n) is 7.11. The van der Waals surface area contributed by atoms with E-state index in [1.54, 1.807) is 12.1 Å². The molecule has 2 aromatic rings. The van der Waals surface area contributed by atoms with Crippen molar-refractivity contribution >= 4 is 28.7 Å². The predicted molar refractivity (Wildman–Crippen MR) is 110 cm³/mol. The molecule has 0 amide bonds. The minimum Gasteiger partial charge on any atom is -0.494 e. The van der Waals surface area contributed by atoms with Crippen LogP contribution in [0.2, 0.25) is 0 Å². The summed E-state index contributed by atoms with van der Waals surface area (Å²) in [6.45, 7) is 6.60. The lowest BCUT2D eigenvalue weighted by Crippen LogP contribution is -2.69. The van der Waals surface area contributed by atoms with E-state index in [1.807, 2.05) is 43.0 Å². The van der Waals surface area contributed by atoms with Gasteiger partial charge in [-0.25, -0.2) is 0 Å². The lowest BCUT2D eigenvalue weighted by molar-refractivity contribution is -0.385. The normalized spacial score (nSPS) is 25.4. The summed E-state index contributed by atoms with van der Waals surface area (Å²) in [5, 5.41) is 15.1. The van der Waals surface area contributed by atoms with Gasteiger partial charge in [0.2, 0.25) is 0 Å². The van der Waals surface area contributed by atoms with Crippen LogP contribution in [0.15, 0.2) is 42.5 Å². The molecule has 3 atom stereocenters. The molecule has 1 N–H and O–H groups in total. The van der Waals surface area contributed by atoms with Crippen LogP contribution in [0.25, 0.3) is 0 Å². The fraction of sp³-hybridized carbons (Fsp3) is 0.350. The fourth-order valence-electron chi connectivity index (χ4n) is 3.96. The van der Waals surface area contributed by atoms with Gasteiger partial charge >= 0.3 is 0 Å². The molecule has 146 valence electrons. The molecule has 2 aliphatic rings. The van der Waals surface area contributed by atoms with Crippen molar-refractivity contribution < 1.29 is 14.4 Å². The summed E-state index contributed by atoms with van der Waals surface area (Å²) < 4.78 is 11.9. The molecule has 1 fully saturated rings. The van der Waals surface area contributed by atoms with Gasteiger partial charge in [0.05, 0.1) is 17.6 Å². The zero-order valence-electron chi connectivity index (χ0n) is 15.8. The highest BCUT2D eigenvalue weighted by Crippen LogP contribution is 2.49. The van der Waals surface area contributed by atoms with Crippen molar-refractivity contribution in [2.24, 2.45) is 5.92 Å². The number of nitrogens with one attached hydrogen (secondary N) is 1. The van der Waals surface area contributed by atoms with Gasteiger partial charge in [-0.15, -0.1) is 0 Å². The van der Waals surface area contributed by atoms with Gasteiger partial charge in [-0.05, 0) is 56.4 Å². The number of thiocarbonyl (C=S) groups is 1. The van der Waals surface area contributed by atoms with Gasteiger partial charge in [0.15, 0.2) is 10.8 Å². The number of fused-ring (bicyclic) bond motifs is 4. The van der Waals surface area contributed by atoms with Crippen LogP contribution >= 0.6 is 12.2 Å². The van der Waals surface area contributed by atoms with Gasteiger partial charge in [0.1, 0.15) is 11.5 Å². The Balaban J connectivity index is 1.75. The summed E-state index contributed by atoms with van der Waals surface area (Å²) in [6.07, 6.45) is 0. The number of hydrogen-bond acceptors (Lipinski definition) is 5. The van der Waals surface area contributed by atoms with Crippen molar-refractivity contribution in [1.29, 1.82) is 0 Å². The summed E-state index contributed by atoms with van der Waals surface area (Å²) in [6, 6.07) is 12.2. The van der Waals surface area contributed by atoms with Crippen molar-refractivity contribution in [2.75, 3.05) is 11.5 Å². The molecule has 0 aliphatic carbocycles. The first-order valence-electron chi connectivity index (χ1n) is 9.16. The molecule has 0 radical (unpaired) electrons. The molecule has 0 aromatic heterocycles. The summed E-state index contributed by atoms with van der Waals surface area (Å²) in [5.74, 6) is 1.41. The number of hydrogen-bond donors (Lipinski definition) is 1. The third-order valence-electron chi connectivity index (χ3n) is 5.53. The Hall–Kier alpha value is -2.87. The van der Waals surface area contributed by atoms with E-state index < -0.39 is 10.6 Å². The van der Waals surface area contributed by atoms with Crippen LogP contribution < -0.4 is 19.7 Å². The first-order chi connectivity index (χ1) is 13.3.